The molecule has 39 heavy (non-hydrogen) atoms. The molecule has 3 amide bonds. The summed E-state index contributed by atoms with van der Waals surface area (Å²) in [5, 5.41) is 27.7. The Morgan fingerprint density at radius 2 is 1.56 bits per heavy atom. The van der Waals surface area contributed by atoms with Crippen molar-refractivity contribution >= 4 is 63.0 Å². The van der Waals surface area contributed by atoms with Crippen molar-refractivity contribution in [1.29, 1.82) is 0 Å². The summed E-state index contributed by atoms with van der Waals surface area (Å²) in [4.78, 5) is 65.4. The van der Waals surface area contributed by atoms with Crippen molar-refractivity contribution in [2.75, 3.05) is 29.7 Å². The van der Waals surface area contributed by atoms with Crippen molar-refractivity contribution in [3.05, 3.63) is 0 Å². The number of aliphatic carboxylic acids is 2. The van der Waals surface area contributed by atoms with E-state index >= 15 is 0 Å². The van der Waals surface area contributed by atoms with Gasteiger partial charge in [0.05, 0.1) is 18.5 Å². The Bertz CT molecular complexity index is 979. The molecular formula is C25H36N4O7S3. The van der Waals surface area contributed by atoms with Crippen LogP contribution in [0.3, 0.4) is 0 Å². The first-order valence-electron chi connectivity index (χ1n) is 13.5. The Kier molecular flexibility index (Phi) is 8.94. The van der Waals surface area contributed by atoms with E-state index in [0.717, 1.165) is 19.3 Å². The standard InChI is InChI=1S/C25H36N4O7S3/c30-20(31)4-16-8-29-12-37-11-19(29)22(33)27-18(23(34)35)10-39-38-9-17(21(32)26-16)28-24(36)25-5-13-1-14(6-25)3-15(2-13)7-25/h13-19H,1-12H2,(H,26,32)(H,27,33)(H,28,36)(H,30,31)(H,34,35)/t13?,14?,15?,16?,17?,18-,19-,25?/m0/s1. The van der Waals surface area contributed by atoms with E-state index in [9.17, 15) is 34.2 Å². The van der Waals surface area contributed by atoms with Crippen LogP contribution in [0.2, 0.25) is 0 Å². The summed E-state index contributed by atoms with van der Waals surface area (Å²) in [5.74, 6) is -0.291. The van der Waals surface area contributed by atoms with Crippen molar-refractivity contribution in [2.45, 2.75) is 69.1 Å². The first-order valence-corrected chi connectivity index (χ1v) is 17.2. The van der Waals surface area contributed by atoms with Crippen LogP contribution in [0.25, 0.3) is 0 Å². The molecule has 4 bridgehead atoms. The second-order valence-corrected chi connectivity index (χ2v) is 15.3. The van der Waals surface area contributed by atoms with Gasteiger partial charge in [0.15, 0.2) is 0 Å². The Hall–Kier alpha value is -1.64. The van der Waals surface area contributed by atoms with Crippen molar-refractivity contribution in [1.82, 2.24) is 20.9 Å². The summed E-state index contributed by atoms with van der Waals surface area (Å²) in [6.45, 7) is 0.123. The van der Waals surface area contributed by atoms with Crippen LogP contribution < -0.4 is 16.0 Å². The highest BCUT2D eigenvalue weighted by Gasteiger charge is 2.55. The molecule has 4 atom stereocenters. The Labute approximate surface area is 239 Å². The Balaban J connectivity index is 1.34. The minimum absolute atomic E-state index is 0.0880. The monoisotopic (exact) mass is 600 g/mol. The lowest BCUT2D eigenvalue weighted by molar-refractivity contribution is -0.148. The molecule has 0 radical (unpaired) electrons. The molecule has 0 aromatic heterocycles. The Morgan fingerprint density at radius 1 is 0.923 bits per heavy atom. The SMILES string of the molecule is O=C(O)CC1CN2CSC[C@H]2C(=O)N[C@H](C(=O)O)CSSCC(NC(=O)C23CC4CC(CC(C4)C2)C3)C(=O)N1. The third kappa shape index (κ3) is 6.65. The van der Waals surface area contributed by atoms with Gasteiger partial charge >= 0.3 is 11.9 Å². The van der Waals surface area contributed by atoms with E-state index in [1.54, 1.807) is 4.90 Å². The average Bonchev–Trinajstić information content (AvgIpc) is 3.31. The van der Waals surface area contributed by atoms with E-state index < -0.39 is 53.3 Å². The van der Waals surface area contributed by atoms with Gasteiger partial charge < -0.3 is 26.2 Å². The maximum absolute atomic E-state index is 13.7. The third-order valence-corrected chi connectivity index (χ3v) is 12.3. The van der Waals surface area contributed by atoms with Crippen LogP contribution in [-0.4, -0.2) is 98.6 Å². The molecule has 216 valence electrons. The largest absolute Gasteiger partial charge is 0.481 e. The van der Waals surface area contributed by atoms with Gasteiger partial charge in [0, 0.05) is 35.1 Å². The van der Waals surface area contributed by atoms with Gasteiger partial charge in [0.2, 0.25) is 17.7 Å². The zero-order valence-electron chi connectivity index (χ0n) is 21.6. The van der Waals surface area contributed by atoms with Gasteiger partial charge in [-0.05, 0) is 56.3 Å². The molecule has 14 heteroatoms. The molecule has 4 saturated carbocycles. The predicted octanol–water partition coefficient (Wildman–Crippen LogP) is 0.986. The number of carbonyl (C=O) groups is 5. The molecule has 0 aromatic carbocycles. The first-order chi connectivity index (χ1) is 18.6. The lowest BCUT2D eigenvalue weighted by atomic mass is 9.49. The molecule has 0 spiro atoms. The van der Waals surface area contributed by atoms with Crippen LogP contribution in [0, 0.1) is 23.2 Å². The summed E-state index contributed by atoms with van der Waals surface area (Å²) < 4.78 is 0. The van der Waals surface area contributed by atoms with E-state index in [4.69, 9.17) is 0 Å². The molecule has 4 aliphatic carbocycles. The van der Waals surface area contributed by atoms with Crippen LogP contribution in [0.4, 0.5) is 0 Å². The summed E-state index contributed by atoms with van der Waals surface area (Å²) in [5.41, 5.74) is -0.439. The fourth-order valence-electron chi connectivity index (χ4n) is 7.41. The summed E-state index contributed by atoms with van der Waals surface area (Å²) in [6.07, 6.45) is 5.81. The molecular weight excluding hydrogens is 564 g/mol. The maximum Gasteiger partial charge on any atom is 0.327 e. The number of fused-ring (bicyclic) bond motifs is 1. The Morgan fingerprint density at radius 3 is 2.18 bits per heavy atom. The van der Waals surface area contributed by atoms with Gasteiger partial charge in [0.25, 0.3) is 0 Å². The lowest BCUT2D eigenvalue weighted by Gasteiger charge is -2.55. The fraction of sp³-hybridized carbons (Fsp3) is 0.800. The van der Waals surface area contributed by atoms with Crippen LogP contribution in [0.15, 0.2) is 0 Å². The van der Waals surface area contributed by atoms with E-state index in [2.05, 4.69) is 16.0 Å². The lowest BCUT2D eigenvalue weighted by Crippen LogP contribution is -2.59. The van der Waals surface area contributed by atoms with Crippen molar-refractivity contribution in [3.8, 4) is 0 Å². The van der Waals surface area contributed by atoms with Crippen molar-refractivity contribution in [2.24, 2.45) is 23.2 Å². The van der Waals surface area contributed by atoms with Crippen molar-refractivity contribution < 1.29 is 34.2 Å². The average molecular weight is 601 g/mol. The topological polar surface area (TPSA) is 165 Å². The van der Waals surface area contributed by atoms with E-state index in [0.29, 0.717) is 29.4 Å². The molecule has 2 saturated heterocycles. The minimum atomic E-state index is -1.14. The molecule has 5 N–H and O–H groups in total. The number of amides is 3. The van der Waals surface area contributed by atoms with Crippen LogP contribution in [-0.2, 0) is 24.0 Å². The predicted molar refractivity (Wildman–Crippen MR) is 149 cm³/mol. The van der Waals surface area contributed by atoms with Crippen LogP contribution >= 0.6 is 33.3 Å². The van der Waals surface area contributed by atoms with Gasteiger partial charge in [-0.1, -0.05) is 21.6 Å². The van der Waals surface area contributed by atoms with E-state index in [-0.39, 0.29) is 30.4 Å². The maximum atomic E-state index is 13.7. The van der Waals surface area contributed by atoms with E-state index in [1.807, 2.05) is 0 Å². The number of hydrogen-bond acceptors (Lipinski definition) is 9. The third-order valence-electron chi connectivity index (χ3n) is 8.81. The summed E-state index contributed by atoms with van der Waals surface area (Å²) >= 11 is 1.49. The molecule has 2 heterocycles. The molecule has 6 rings (SSSR count). The highest BCUT2D eigenvalue weighted by molar-refractivity contribution is 8.76. The zero-order valence-corrected chi connectivity index (χ0v) is 24.1. The fourth-order valence-corrected chi connectivity index (χ4v) is 10.9. The molecule has 6 fully saturated rings. The number of hydrogen-bond donors (Lipinski definition) is 5. The highest BCUT2D eigenvalue weighted by atomic mass is 33.1. The second-order valence-electron chi connectivity index (χ2n) is 11.8. The number of carboxylic acid groups (broad SMARTS) is 2. The van der Waals surface area contributed by atoms with Crippen LogP contribution in [0.1, 0.15) is 44.9 Å². The van der Waals surface area contributed by atoms with Gasteiger partial charge in [-0.15, -0.1) is 11.8 Å². The van der Waals surface area contributed by atoms with E-state index in [1.165, 1.54) is 52.6 Å². The number of thioether (sulfide) groups is 1. The highest BCUT2D eigenvalue weighted by Crippen LogP contribution is 2.60. The normalized spacial score (nSPS) is 39.2. The first kappa shape index (κ1) is 28.9. The smallest absolute Gasteiger partial charge is 0.327 e. The van der Waals surface area contributed by atoms with Crippen molar-refractivity contribution in [3.63, 3.8) is 0 Å². The molecule has 2 unspecified atom stereocenters. The number of nitrogens with one attached hydrogen (secondary N) is 3. The van der Waals surface area contributed by atoms with Gasteiger partial charge in [-0.25, -0.2) is 4.79 Å². The van der Waals surface area contributed by atoms with Gasteiger partial charge in [-0.3, -0.25) is 24.1 Å². The minimum Gasteiger partial charge on any atom is -0.481 e. The van der Waals surface area contributed by atoms with Gasteiger partial charge in [-0.2, -0.15) is 0 Å². The number of nitrogens with zero attached hydrogens (tertiary/aromatic N) is 1. The molecule has 0 aromatic rings. The summed E-state index contributed by atoms with van der Waals surface area (Å²) in [6, 6.07) is -3.39. The zero-order chi connectivity index (χ0) is 27.7. The molecule has 2 aliphatic heterocycles. The number of rotatable bonds is 5. The molecule has 6 aliphatic rings. The number of carboxylic acids is 2. The number of carbonyl (C=O) groups excluding carboxylic acids is 3. The second kappa shape index (κ2) is 12.1. The quantitative estimate of drug-likeness (QED) is 0.286. The van der Waals surface area contributed by atoms with Gasteiger partial charge in [0.1, 0.15) is 12.1 Å². The summed E-state index contributed by atoms with van der Waals surface area (Å²) in [7, 11) is 2.49. The molecule has 11 nitrogen and oxygen atoms in total. The van der Waals surface area contributed by atoms with Crippen LogP contribution in [0.5, 0.6) is 0 Å².